The van der Waals surface area contributed by atoms with Crippen LogP contribution in [0.4, 0.5) is 9.59 Å². The van der Waals surface area contributed by atoms with Gasteiger partial charge in [0.25, 0.3) is 0 Å². The Morgan fingerprint density at radius 2 is 1.37 bits per heavy atom. The van der Waals surface area contributed by atoms with Crippen LogP contribution >= 0.6 is 22.7 Å². The van der Waals surface area contributed by atoms with Gasteiger partial charge >= 0.3 is 12.1 Å². The van der Waals surface area contributed by atoms with Crippen molar-refractivity contribution in [1.82, 2.24) is 49.5 Å². The molecule has 4 aromatic heterocycles. The summed E-state index contributed by atoms with van der Waals surface area (Å²) in [4.78, 5) is 43.0. The number of rotatable bonds is 6. The fourth-order valence-corrected chi connectivity index (χ4v) is 6.11. The number of nitrogens with two attached hydrogens (primary N) is 1. The van der Waals surface area contributed by atoms with Gasteiger partial charge in [0.05, 0.1) is 6.54 Å². The quantitative estimate of drug-likeness (QED) is 0.221. The molecule has 49 heavy (non-hydrogen) atoms. The lowest BCUT2D eigenvalue weighted by atomic mass is 10.1. The number of nitrogens with zero attached hydrogens (tertiary/aromatic N) is 8. The van der Waals surface area contributed by atoms with Crippen LogP contribution in [0.3, 0.4) is 0 Å². The second kappa shape index (κ2) is 25.5. The van der Waals surface area contributed by atoms with Gasteiger partial charge in [-0.3, -0.25) is 14.0 Å². The summed E-state index contributed by atoms with van der Waals surface area (Å²) in [5, 5.41) is 12.0. The van der Waals surface area contributed by atoms with E-state index in [4.69, 9.17) is 5.73 Å². The number of aromatic nitrogens is 6. The second-order valence-corrected chi connectivity index (χ2v) is 13.8. The number of hydrogen-bond donors (Lipinski definition) is 3. The first-order chi connectivity index (χ1) is 23.8. The molecule has 272 valence electrons. The van der Waals surface area contributed by atoms with Gasteiger partial charge in [-0.15, -0.1) is 22.7 Å². The van der Waals surface area contributed by atoms with E-state index in [0.29, 0.717) is 25.2 Å². The molecule has 4 N–H and O–H groups in total. The predicted octanol–water partition coefficient (Wildman–Crippen LogP) is 5.92. The van der Waals surface area contributed by atoms with E-state index in [-0.39, 0.29) is 12.1 Å². The van der Waals surface area contributed by atoms with Gasteiger partial charge in [0.1, 0.15) is 22.7 Å². The third kappa shape index (κ3) is 17.6. The van der Waals surface area contributed by atoms with Crippen LogP contribution in [0.25, 0.3) is 0 Å². The third-order valence-electron chi connectivity index (χ3n) is 7.53. The molecular formula is C34H57N11O2S2. The molecule has 2 fully saturated rings. The van der Waals surface area contributed by atoms with Crippen molar-refractivity contribution in [2.24, 2.45) is 5.73 Å². The first kappa shape index (κ1) is 41.7. The monoisotopic (exact) mass is 715 g/mol. The van der Waals surface area contributed by atoms with E-state index < -0.39 is 0 Å². The van der Waals surface area contributed by atoms with Gasteiger partial charge in [0, 0.05) is 79.7 Å². The van der Waals surface area contributed by atoms with E-state index in [1.807, 2.05) is 15.7 Å². The molecule has 0 spiro atoms. The Morgan fingerprint density at radius 1 is 0.837 bits per heavy atom. The SMILES string of the molecule is C1CCNCC1.CCN(C(C)C)C(C)C.NCc1nccs1.O=C(NCc1nccs1)N1CCCCC1.O=C(n1ccnc1)n1ccnc1. The number of likely N-dealkylation sites (tertiary alicyclic amines) is 1. The van der Waals surface area contributed by atoms with Crippen LogP contribution in [0, 0.1) is 0 Å². The molecule has 6 heterocycles. The van der Waals surface area contributed by atoms with E-state index in [1.54, 1.807) is 59.9 Å². The molecule has 0 bridgehead atoms. The number of amides is 2. The normalized spacial score (nSPS) is 13.9. The van der Waals surface area contributed by atoms with Crippen LogP contribution in [0.2, 0.25) is 0 Å². The number of carbonyl (C=O) groups is 2. The molecule has 4 aromatic rings. The fourth-order valence-electron chi connectivity index (χ4n) is 5.06. The molecule has 13 nitrogen and oxygen atoms in total. The van der Waals surface area contributed by atoms with Crippen LogP contribution in [-0.4, -0.2) is 95.7 Å². The van der Waals surface area contributed by atoms with Crippen molar-refractivity contribution >= 4 is 34.7 Å². The molecular weight excluding hydrogens is 659 g/mol. The lowest BCUT2D eigenvalue weighted by Gasteiger charge is -2.28. The van der Waals surface area contributed by atoms with Gasteiger partial charge in [-0.25, -0.2) is 29.5 Å². The minimum atomic E-state index is -0.190. The Bertz CT molecular complexity index is 1260. The Balaban J connectivity index is 0.000000221. The predicted molar refractivity (Wildman–Crippen MR) is 200 cm³/mol. The first-order valence-corrected chi connectivity index (χ1v) is 19.0. The molecule has 6 rings (SSSR count). The zero-order valence-electron chi connectivity index (χ0n) is 29.9. The summed E-state index contributed by atoms with van der Waals surface area (Å²) in [6, 6.07) is 1.24. The number of hydrogen-bond acceptors (Lipinski definition) is 11. The molecule has 15 heteroatoms. The first-order valence-electron chi connectivity index (χ1n) is 17.2. The van der Waals surface area contributed by atoms with Gasteiger partial charge < -0.3 is 21.3 Å². The topological polar surface area (TPSA) is 152 Å². The van der Waals surface area contributed by atoms with Gasteiger partial charge in [0.15, 0.2) is 0 Å². The molecule has 0 atom stereocenters. The standard InChI is InChI=1S/C10H15N3OS.C8H19N.C7H6N4O.C5H11N.C4H6N2S/c14-10(13-5-2-1-3-6-13)12-8-9-11-4-7-15-9;1-6-9(7(2)3)8(4)5;12-7(10-3-1-8-5-10)11-4-2-9-6-11;1-2-4-6-5-3-1;5-3-4-6-1-2-7-4/h4,7H,1-3,5-6,8H2,(H,12,14);7-8H,6H2,1-5H3;1-6H;6H,1-5H2;1-2H,3,5H2. The van der Waals surface area contributed by atoms with Crippen LogP contribution in [0.15, 0.2) is 60.6 Å². The van der Waals surface area contributed by atoms with E-state index in [9.17, 15) is 9.59 Å². The van der Waals surface area contributed by atoms with Crippen molar-refractivity contribution < 1.29 is 9.59 Å². The van der Waals surface area contributed by atoms with Crippen LogP contribution in [0.1, 0.15) is 83.2 Å². The number of carbonyl (C=O) groups excluding carboxylic acids is 2. The second-order valence-electron chi connectivity index (χ2n) is 11.8. The maximum absolute atomic E-state index is 11.7. The van der Waals surface area contributed by atoms with Crippen molar-refractivity contribution in [3.8, 4) is 0 Å². The van der Waals surface area contributed by atoms with Crippen LogP contribution in [-0.2, 0) is 13.1 Å². The molecule has 2 aliphatic heterocycles. The highest BCUT2D eigenvalue weighted by atomic mass is 32.1. The number of urea groups is 1. The zero-order valence-corrected chi connectivity index (χ0v) is 31.5. The molecule has 2 amide bonds. The molecule has 0 radical (unpaired) electrons. The van der Waals surface area contributed by atoms with Crippen molar-refractivity contribution in [1.29, 1.82) is 0 Å². The summed E-state index contributed by atoms with van der Waals surface area (Å²) in [7, 11) is 0. The highest BCUT2D eigenvalue weighted by Crippen LogP contribution is 2.09. The summed E-state index contributed by atoms with van der Waals surface area (Å²) >= 11 is 3.15. The fraction of sp³-hybridized carbons (Fsp3) is 0.588. The molecule has 2 saturated heterocycles. The highest BCUT2D eigenvalue weighted by molar-refractivity contribution is 7.09. The number of piperidine rings is 2. The third-order valence-corrected chi connectivity index (χ3v) is 9.11. The lowest BCUT2D eigenvalue weighted by molar-refractivity contribution is 0.185. The maximum Gasteiger partial charge on any atom is 0.338 e. The molecule has 0 aromatic carbocycles. The maximum atomic E-state index is 11.7. The molecule has 2 aliphatic rings. The van der Waals surface area contributed by atoms with Crippen LogP contribution in [0.5, 0.6) is 0 Å². The average Bonchev–Trinajstić information content (AvgIpc) is 3.98. The Hall–Kier alpha value is -3.50. The minimum absolute atomic E-state index is 0.0462. The van der Waals surface area contributed by atoms with E-state index in [2.05, 4.69) is 70.1 Å². The molecule has 0 saturated carbocycles. The average molecular weight is 716 g/mol. The van der Waals surface area contributed by atoms with Gasteiger partial charge in [-0.1, -0.05) is 13.3 Å². The van der Waals surface area contributed by atoms with E-state index >= 15 is 0 Å². The van der Waals surface area contributed by atoms with Gasteiger partial charge in [-0.2, -0.15) is 0 Å². The van der Waals surface area contributed by atoms with E-state index in [0.717, 1.165) is 42.5 Å². The van der Waals surface area contributed by atoms with Gasteiger partial charge in [0.2, 0.25) is 0 Å². The van der Waals surface area contributed by atoms with Crippen molar-refractivity contribution in [2.45, 2.75) is 98.3 Å². The summed E-state index contributed by atoms with van der Waals surface area (Å²) in [5.74, 6) is 0. The molecule has 0 aliphatic carbocycles. The smallest absolute Gasteiger partial charge is 0.331 e. The summed E-state index contributed by atoms with van der Waals surface area (Å²) in [6.45, 7) is 17.7. The molecule has 0 unspecified atom stereocenters. The van der Waals surface area contributed by atoms with Gasteiger partial charge in [-0.05, 0) is 79.4 Å². The minimum Gasteiger partial charge on any atom is -0.331 e. The Labute approximate surface area is 300 Å². The number of nitrogens with one attached hydrogen (secondary N) is 2. The zero-order chi connectivity index (χ0) is 35.7. The lowest BCUT2D eigenvalue weighted by Crippen LogP contribution is -2.42. The van der Waals surface area contributed by atoms with Crippen molar-refractivity contribution in [2.75, 3.05) is 32.7 Å². The highest BCUT2D eigenvalue weighted by Gasteiger charge is 2.16. The number of imidazole rings is 2. The number of thiazole rings is 2. The van der Waals surface area contributed by atoms with Crippen molar-refractivity contribution in [3.05, 3.63) is 70.6 Å². The Morgan fingerprint density at radius 3 is 1.69 bits per heavy atom. The largest absolute Gasteiger partial charge is 0.338 e. The Kier molecular flexibility index (Phi) is 21.7. The van der Waals surface area contributed by atoms with Crippen molar-refractivity contribution in [3.63, 3.8) is 0 Å². The van der Waals surface area contributed by atoms with Crippen LogP contribution < -0.4 is 16.4 Å². The summed E-state index contributed by atoms with van der Waals surface area (Å²) < 4.78 is 2.75. The summed E-state index contributed by atoms with van der Waals surface area (Å²) in [5.41, 5.74) is 5.24. The van der Waals surface area contributed by atoms with E-state index in [1.165, 1.54) is 60.6 Å². The summed E-state index contributed by atoms with van der Waals surface area (Å²) in [6.07, 6.45) is 20.4.